The van der Waals surface area contributed by atoms with Gasteiger partial charge in [-0.1, -0.05) is 66.7 Å². The maximum Gasteiger partial charge on any atom is 0.185 e. The number of ketones is 1. The lowest BCUT2D eigenvalue weighted by atomic mass is 9.86. The molecule has 0 amide bonds. The van der Waals surface area contributed by atoms with E-state index >= 15 is 0 Å². The molecule has 1 aliphatic rings. The molecule has 0 saturated heterocycles. The Morgan fingerprint density at radius 3 is 1.76 bits per heavy atom. The summed E-state index contributed by atoms with van der Waals surface area (Å²) in [7, 11) is 1.65. The van der Waals surface area contributed by atoms with E-state index in [9.17, 15) is 4.79 Å². The van der Waals surface area contributed by atoms with E-state index in [-0.39, 0.29) is 5.78 Å². The monoisotopic (exact) mass is 380 g/mol. The summed E-state index contributed by atoms with van der Waals surface area (Å²) in [5, 5.41) is 0. The lowest BCUT2D eigenvalue weighted by Crippen LogP contribution is -2.12. The smallest absolute Gasteiger partial charge is 0.185 e. The van der Waals surface area contributed by atoms with E-state index in [0.717, 1.165) is 47.3 Å². The molecule has 0 spiro atoms. The quantitative estimate of drug-likeness (QED) is 0.478. The van der Waals surface area contributed by atoms with E-state index in [1.54, 1.807) is 7.11 Å². The van der Waals surface area contributed by atoms with Gasteiger partial charge >= 0.3 is 0 Å². The number of methoxy groups -OCH3 is 1. The summed E-state index contributed by atoms with van der Waals surface area (Å²) in [6.45, 7) is 0. The normalized spacial score (nSPS) is 16.9. The zero-order chi connectivity index (χ0) is 20.1. The Labute approximate surface area is 172 Å². The summed E-state index contributed by atoms with van der Waals surface area (Å²) in [5.41, 5.74) is 6.26. The van der Waals surface area contributed by atoms with Gasteiger partial charge in [-0.25, -0.2) is 0 Å². The molecule has 3 aromatic rings. The van der Waals surface area contributed by atoms with E-state index in [1.807, 2.05) is 54.6 Å². The van der Waals surface area contributed by atoms with Gasteiger partial charge in [0.15, 0.2) is 5.78 Å². The zero-order valence-corrected chi connectivity index (χ0v) is 16.6. The molecule has 2 heteroatoms. The van der Waals surface area contributed by atoms with Gasteiger partial charge in [0.05, 0.1) is 7.11 Å². The van der Waals surface area contributed by atoms with Crippen LogP contribution >= 0.6 is 0 Å². The Morgan fingerprint density at radius 2 is 1.21 bits per heavy atom. The van der Waals surface area contributed by atoms with Gasteiger partial charge in [0.25, 0.3) is 0 Å². The largest absolute Gasteiger partial charge is 0.497 e. The van der Waals surface area contributed by atoms with Crippen molar-refractivity contribution < 1.29 is 9.53 Å². The lowest BCUT2D eigenvalue weighted by Gasteiger charge is -2.16. The average molecular weight is 380 g/mol. The van der Waals surface area contributed by atoms with Crippen molar-refractivity contribution in [1.29, 1.82) is 0 Å². The fourth-order valence-corrected chi connectivity index (χ4v) is 3.68. The standard InChI is InChI=1S/C27H24O2/c1-29-26-16-12-21(13-17-26)19-25-9-5-8-24(27(25)28)18-20-10-14-23(15-11-20)22-6-3-2-4-7-22/h2-4,6-7,10-19H,5,8-9H2,1H3/b24-18+,25-19+. The van der Waals surface area contributed by atoms with Crippen LogP contribution < -0.4 is 4.74 Å². The SMILES string of the molecule is COc1ccc(/C=C2\CCC/C(=C\c3ccc(-c4ccccc4)cc3)C2=O)cc1. The molecular weight excluding hydrogens is 356 g/mol. The molecule has 3 aromatic carbocycles. The van der Waals surface area contributed by atoms with Crippen molar-refractivity contribution >= 4 is 17.9 Å². The van der Waals surface area contributed by atoms with E-state index in [2.05, 4.69) is 36.4 Å². The van der Waals surface area contributed by atoms with Crippen LogP contribution in [-0.2, 0) is 4.79 Å². The van der Waals surface area contributed by atoms with Crippen molar-refractivity contribution in [3.63, 3.8) is 0 Å². The molecule has 0 aliphatic heterocycles. The summed E-state index contributed by atoms with van der Waals surface area (Å²) in [6.07, 6.45) is 6.71. The molecule has 0 radical (unpaired) electrons. The molecule has 0 bridgehead atoms. The van der Waals surface area contributed by atoms with Crippen LogP contribution in [0.15, 0.2) is 90.0 Å². The molecular formula is C27H24O2. The molecule has 29 heavy (non-hydrogen) atoms. The number of carbonyl (C=O) groups is 1. The van der Waals surface area contributed by atoms with Crippen LogP contribution in [0.25, 0.3) is 23.3 Å². The fourth-order valence-electron chi connectivity index (χ4n) is 3.68. The molecule has 2 nitrogen and oxygen atoms in total. The topological polar surface area (TPSA) is 26.3 Å². The molecule has 1 aliphatic carbocycles. The first-order valence-corrected chi connectivity index (χ1v) is 9.98. The number of allylic oxidation sites excluding steroid dienone is 2. The van der Waals surface area contributed by atoms with Crippen molar-refractivity contribution in [3.05, 3.63) is 101 Å². The third kappa shape index (κ3) is 4.55. The maximum atomic E-state index is 13.0. The predicted octanol–water partition coefficient (Wildman–Crippen LogP) is 6.58. The lowest BCUT2D eigenvalue weighted by molar-refractivity contribution is -0.112. The molecule has 0 aromatic heterocycles. The van der Waals surface area contributed by atoms with Crippen LogP contribution in [0.4, 0.5) is 0 Å². The van der Waals surface area contributed by atoms with Crippen LogP contribution in [0.2, 0.25) is 0 Å². The molecule has 0 unspecified atom stereocenters. The Bertz CT molecular complexity index is 1040. The summed E-state index contributed by atoms with van der Waals surface area (Å²) in [5.74, 6) is 0.987. The second-order valence-electron chi connectivity index (χ2n) is 7.28. The van der Waals surface area contributed by atoms with Crippen LogP contribution in [0.3, 0.4) is 0 Å². The minimum absolute atomic E-state index is 0.166. The molecule has 144 valence electrons. The number of benzene rings is 3. The number of hydrogen-bond acceptors (Lipinski definition) is 2. The first-order chi connectivity index (χ1) is 14.2. The number of rotatable bonds is 4. The molecule has 1 saturated carbocycles. The number of ether oxygens (including phenoxy) is 1. The van der Waals surface area contributed by atoms with Gasteiger partial charge in [-0.15, -0.1) is 0 Å². The van der Waals surface area contributed by atoms with Gasteiger partial charge in [-0.2, -0.15) is 0 Å². The van der Waals surface area contributed by atoms with Crippen LogP contribution in [-0.4, -0.2) is 12.9 Å². The predicted molar refractivity (Wildman–Crippen MR) is 120 cm³/mol. The van der Waals surface area contributed by atoms with Gasteiger partial charge in [-0.3, -0.25) is 4.79 Å². The van der Waals surface area contributed by atoms with Gasteiger partial charge in [-0.05, 0) is 65.8 Å². The number of hydrogen-bond donors (Lipinski definition) is 0. The molecule has 1 fully saturated rings. The van der Waals surface area contributed by atoms with E-state index in [0.29, 0.717) is 0 Å². The van der Waals surface area contributed by atoms with E-state index < -0.39 is 0 Å². The zero-order valence-electron chi connectivity index (χ0n) is 16.6. The highest BCUT2D eigenvalue weighted by molar-refractivity contribution is 6.14. The van der Waals surface area contributed by atoms with E-state index in [1.165, 1.54) is 11.1 Å². The summed E-state index contributed by atoms with van der Waals surface area (Å²) < 4.78 is 5.20. The third-order valence-corrected chi connectivity index (χ3v) is 5.29. The molecule has 0 heterocycles. The highest BCUT2D eigenvalue weighted by atomic mass is 16.5. The summed E-state index contributed by atoms with van der Waals surface area (Å²) in [6, 6.07) is 26.5. The minimum Gasteiger partial charge on any atom is -0.497 e. The molecule has 0 N–H and O–H groups in total. The van der Waals surface area contributed by atoms with Crippen LogP contribution in [0.1, 0.15) is 30.4 Å². The van der Waals surface area contributed by atoms with Gasteiger partial charge in [0.1, 0.15) is 5.75 Å². The number of carbonyl (C=O) groups excluding carboxylic acids is 1. The van der Waals surface area contributed by atoms with Gasteiger partial charge < -0.3 is 4.74 Å². The maximum absolute atomic E-state index is 13.0. The first-order valence-electron chi connectivity index (χ1n) is 9.98. The second kappa shape index (κ2) is 8.74. The summed E-state index contributed by atoms with van der Waals surface area (Å²) in [4.78, 5) is 13.0. The van der Waals surface area contributed by atoms with Crippen LogP contribution in [0, 0.1) is 0 Å². The number of Topliss-reactive ketones (excluding diaryl/α,β-unsaturated/α-hetero) is 1. The second-order valence-corrected chi connectivity index (χ2v) is 7.28. The van der Waals surface area contributed by atoms with Crippen LogP contribution in [0.5, 0.6) is 5.75 Å². The van der Waals surface area contributed by atoms with E-state index in [4.69, 9.17) is 4.74 Å². The molecule has 4 rings (SSSR count). The minimum atomic E-state index is 0.166. The highest BCUT2D eigenvalue weighted by Gasteiger charge is 2.20. The summed E-state index contributed by atoms with van der Waals surface area (Å²) >= 11 is 0. The van der Waals surface area contributed by atoms with Crippen molar-refractivity contribution in [1.82, 2.24) is 0 Å². The third-order valence-electron chi connectivity index (χ3n) is 5.29. The molecule has 0 atom stereocenters. The van der Waals surface area contributed by atoms with Crippen molar-refractivity contribution in [2.24, 2.45) is 0 Å². The fraction of sp³-hybridized carbons (Fsp3) is 0.148. The van der Waals surface area contributed by atoms with Gasteiger partial charge in [0.2, 0.25) is 0 Å². The van der Waals surface area contributed by atoms with Gasteiger partial charge in [0, 0.05) is 11.1 Å². The van der Waals surface area contributed by atoms with Crippen molar-refractivity contribution in [2.45, 2.75) is 19.3 Å². The van der Waals surface area contributed by atoms with Crippen molar-refractivity contribution in [3.8, 4) is 16.9 Å². The Kier molecular flexibility index (Phi) is 5.71. The Morgan fingerprint density at radius 1 is 0.690 bits per heavy atom. The highest BCUT2D eigenvalue weighted by Crippen LogP contribution is 2.29. The Balaban J connectivity index is 1.54. The first kappa shape index (κ1) is 18.9. The van der Waals surface area contributed by atoms with Crippen molar-refractivity contribution in [2.75, 3.05) is 7.11 Å². The average Bonchev–Trinajstić information content (AvgIpc) is 2.78. The Hall–Kier alpha value is -3.39.